The Hall–Kier alpha value is -3.09. The van der Waals surface area contributed by atoms with E-state index in [0.717, 1.165) is 28.7 Å². The van der Waals surface area contributed by atoms with Gasteiger partial charge < -0.3 is 18.6 Å². The van der Waals surface area contributed by atoms with E-state index < -0.39 is 16.9 Å². The molecule has 1 aromatic heterocycles. The van der Waals surface area contributed by atoms with Gasteiger partial charge in [-0.3, -0.25) is 14.4 Å². The number of esters is 3. The minimum atomic E-state index is -0.838. The van der Waals surface area contributed by atoms with Gasteiger partial charge in [0.25, 0.3) is 0 Å². The molecule has 7 nitrogen and oxygen atoms in total. The second kappa shape index (κ2) is 9.75. The number of methoxy groups -OCH3 is 1. The van der Waals surface area contributed by atoms with Gasteiger partial charge in [-0.2, -0.15) is 0 Å². The molecule has 194 valence electrons. The molecule has 0 aromatic carbocycles. The Morgan fingerprint density at radius 2 is 1.92 bits per heavy atom. The van der Waals surface area contributed by atoms with E-state index in [0.29, 0.717) is 12.8 Å². The third-order valence-electron chi connectivity index (χ3n) is 8.27. The van der Waals surface area contributed by atoms with Gasteiger partial charge in [-0.25, -0.2) is 0 Å². The predicted molar refractivity (Wildman–Crippen MR) is 133 cm³/mol. The fourth-order valence-corrected chi connectivity index (χ4v) is 6.38. The molecular weight excluding hydrogens is 460 g/mol. The summed E-state index contributed by atoms with van der Waals surface area (Å²) in [4.78, 5) is 37.3. The molecule has 7 heteroatoms. The molecule has 0 saturated carbocycles. The van der Waals surface area contributed by atoms with Gasteiger partial charge in [0.1, 0.15) is 11.7 Å². The average Bonchev–Trinajstić information content (AvgIpc) is 3.43. The number of allylic oxidation sites excluding steroid dienone is 2. The topological polar surface area (TPSA) is 92.0 Å². The number of ether oxygens (including phenoxy) is 3. The van der Waals surface area contributed by atoms with Crippen LogP contribution in [0.5, 0.6) is 0 Å². The first-order valence-corrected chi connectivity index (χ1v) is 12.5. The summed E-state index contributed by atoms with van der Waals surface area (Å²) in [5, 5.41) is 0. The third-order valence-corrected chi connectivity index (χ3v) is 8.27. The maximum Gasteiger partial charge on any atom is 0.313 e. The minimum Gasteiger partial charge on any atom is -0.472 e. The molecule has 2 aliphatic carbocycles. The lowest BCUT2D eigenvalue weighted by Gasteiger charge is -2.44. The Kier molecular flexibility index (Phi) is 7.04. The van der Waals surface area contributed by atoms with Gasteiger partial charge >= 0.3 is 17.9 Å². The van der Waals surface area contributed by atoms with Gasteiger partial charge in [-0.05, 0) is 56.4 Å². The number of rotatable bonds is 6. The Bertz CT molecular complexity index is 1120. The van der Waals surface area contributed by atoms with Crippen LogP contribution in [0.15, 0.2) is 58.0 Å². The van der Waals surface area contributed by atoms with E-state index in [4.69, 9.17) is 18.6 Å². The number of cyclic esters (lactones) is 1. The second-order valence-electron chi connectivity index (χ2n) is 10.9. The fourth-order valence-electron chi connectivity index (χ4n) is 6.38. The Morgan fingerprint density at radius 3 is 2.56 bits per heavy atom. The normalized spacial score (nSPS) is 31.3. The van der Waals surface area contributed by atoms with Gasteiger partial charge in [-0.1, -0.05) is 30.7 Å². The molecule has 5 unspecified atom stereocenters. The van der Waals surface area contributed by atoms with Crippen molar-refractivity contribution >= 4 is 17.9 Å². The summed E-state index contributed by atoms with van der Waals surface area (Å²) in [7, 11) is 1.36. The first-order valence-electron chi connectivity index (χ1n) is 12.5. The number of hydrogen-bond donors (Lipinski definition) is 0. The number of fused-ring (bicyclic) bond motifs is 1. The maximum absolute atomic E-state index is 13.3. The van der Waals surface area contributed by atoms with Crippen LogP contribution in [0.2, 0.25) is 0 Å². The van der Waals surface area contributed by atoms with Crippen molar-refractivity contribution in [2.24, 2.45) is 17.3 Å². The van der Waals surface area contributed by atoms with E-state index >= 15 is 0 Å². The van der Waals surface area contributed by atoms with Crippen molar-refractivity contribution in [1.82, 2.24) is 0 Å². The average molecular weight is 497 g/mol. The highest BCUT2D eigenvalue weighted by Crippen LogP contribution is 2.58. The Labute approximate surface area is 212 Å². The van der Waals surface area contributed by atoms with Crippen molar-refractivity contribution in [3.8, 4) is 0 Å². The van der Waals surface area contributed by atoms with Crippen LogP contribution in [0.4, 0.5) is 0 Å². The van der Waals surface area contributed by atoms with Crippen molar-refractivity contribution in [2.75, 3.05) is 7.11 Å². The lowest BCUT2D eigenvalue weighted by atomic mass is 9.63. The fraction of sp³-hybridized carbons (Fsp3) is 0.552. The summed E-state index contributed by atoms with van der Waals surface area (Å²) in [6, 6.07) is 1.97. The van der Waals surface area contributed by atoms with Gasteiger partial charge in [0.2, 0.25) is 0 Å². The van der Waals surface area contributed by atoms with Crippen molar-refractivity contribution in [1.29, 1.82) is 0 Å². The van der Waals surface area contributed by atoms with Gasteiger partial charge in [-0.15, -0.1) is 0 Å². The van der Waals surface area contributed by atoms with E-state index in [1.807, 2.05) is 32.9 Å². The molecule has 0 spiro atoms. The molecule has 0 fully saturated rings. The summed E-state index contributed by atoms with van der Waals surface area (Å²) >= 11 is 0. The largest absolute Gasteiger partial charge is 0.472 e. The molecule has 0 N–H and O–H groups in total. The highest BCUT2D eigenvalue weighted by molar-refractivity contribution is 5.77. The van der Waals surface area contributed by atoms with Crippen LogP contribution in [-0.4, -0.2) is 36.7 Å². The molecule has 1 aliphatic heterocycles. The Morgan fingerprint density at radius 1 is 1.17 bits per heavy atom. The number of furan rings is 1. The molecule has 36 heavy (non-hydrogen) atoms. The molecule has 3 aliphatic rings. The molecule has 1 aromatic rings. The number of carbonyl (C=O) groups excluding carboxylic acids is 3. The van der Waals surface area contributed by atoms with Crippen LogP contribution >= 0.6 is 0 Å². The lowest BCUT2D eigenvalue weighted by Crippen LogP contribution is -2.42. The van der Waals surface area contributed by atoms with Crippen LogP contribution in [0.25, 0.3) is 0 Å². The number of carbonyl (C=O) groups is 3. The summed E-state index contributed by atoms with van der Waals surface area (Å²) in [5.74, 6) is -1.60. The Balaban J connectivity index is 1.65. The summed E-state index contributed by atoms with van der Waals surface area (Å²) < 4.78 is 22.0. The van der Waals surface area contributed by atoms with Gasteiger partial charge in [0, 0.05) is 30.6 Å². The quantitative estimate of drug-likeness (QED) is 0.295. The van der Waals surface area contributed by atoms with Crippen molar-refractivity contribution in [2.45, 2.75) is 77.9 Å². The van der Waals surface area contributed by atoms with E-state index in [1.165, 1.54) is 14.0 Å². The third kappa shape index (κ3) is 4.67. The first kappa shape index (κ1) is 26.0. The zero-order valence-electron chi connectivity index (χ0n) is 22.0. The predicted octanol–water partition coefficient (Wildman–Crippen LogP) is 5.43. The zero-order chi connectivity index (χ0) is 26.3. The van der Waals surface area contributed by atoms with E-state index in [-0.39, 0.29) is 42.3 Å². The molecule has 0 radical (unpaired) electrons. The van der Waals surface area contributed by atoms with Gasteiger partial charge in [0.05, 0.1) is 32.0 Å². The van der Waals surface area contributed by atoms with Crippen molar-refractivity contribution in [3.05, 3.63) is 59.1 Å². The second-order valence-corrected chi connectivity index (χ2v) is 10.9. The monoisotopic (exact) mass is 496 g/mol. The highest BCUT2D eigenvalue weighted by Gasteiger charge is 2.52. The standard InChI is InChI=1S/C29H36O7/c1-17-13-21(27(32)36-28(3,4)24(17)15-26(31)33-6)14-19-7-10-25(35-18(2)30)29(5)22(19)8-9-23(29)20-11-12-34-16-20/h7-8,11-13,16,21,23-25H,9-10,14-15H2,1-6H3. The van der Waals surface area contributed by atoms with Crippen LogP contribution in [0.1, 0.15) is 71.8 Å². The van der Waals surface area contributed by atoms with Gasteiger partial charge in [0.15, 0.2) is 0 Å². The van der Waals surface area contributed by atoms with E-state index in [2.05, 4.69) is 19.1 Å². The molecule has 0 bridgehead atoms. The molecule has 0 amide bonds. The van der Waals surface area contributed by atoms with Crippen LogP contribution in [-0.2, 0) is 28.6 Å². The lowest BCUT2D eigenvalue weighted by molar-refractivity contribution is -0.165. The SMILES string of the molecule is COC(=O)CC1C(C)=CC(CC2=CCC(OC(C)=O)C3(C)C2=CCC3c2ccoc2)C(=O)OC1(C)C. The molecule has 4 rings (SSSR count). The van der Waals surface area contributed by atoms with E-state index in [1.54, 1.807) is 12.5 Å². The van der Waals surface area contributed by atoms with Crippen LogP contribution < -0.4 is 0 Å². The maximum atomic E-state index is 13.3. The zero-order valence-corrected chi connectivity index (χ0v) is 22.0. The minimum absolute atomic E-state index is 0.0982. The van der Waals surface area contributed by atoms with Crippen LogP contribution in [0, 0.1) is 17.3 Å². The summed E-state index contributed by atoms with van der Waals surface area (Å²) in [6.45, 7) is 9.22. The van der Waals surface area contributed by atoms with Crippen LogP contribution in [0.3, 0.4) is 0 Å². The molecule has 2 heterocycles. The summed E-state index contributed by atoms with van der Waals surface area (Å²) in [5.41, 5.74) is 2.91. The molecule has 0 saturated heterocycles. The van der Waals surface area contributed by atoms with Crippen molar-refractivity contribution < 1.29 is 33.0 Å². The summed E-state index contributed by atoms with van der Waals surface area (Å²) in [6.07, 6.45) is 11.3. The smallest absolute Gasteiger partial charge is 0.313 e. The van der Waals surface area contributed by atoms with E-state index in [9.17, 15) is 14.4 Å². The highest BCUT2D eigenvalue weighted by atomic mass is 16.6. The first-order chi connectivity index (χ1) is 17.0. The van der Waals surface area contributed by atoms with Crippen molar-refractivity contribution in [3.63, 3.8) is 0 Å². The molecule has 5 atom stereocenters. The number of hydrogen-bond acceptors (Lipinski definition) is 7. The molecular formula is C29H36O7.